The quantitative estimate of drug-likeness (QED) is 0.723. The van der Waals surface area contributed by atoms with Crippen molar-refractivity contribution in [3.8, 4) is 0 Å². The van der Waals surface area contributed by atoms with Crippen LogP contribution in [0, 0.1) is 17.8 Å². The van der Waals surface area contributed by atoms with E-state index in [0.29, 0.717) is 31.0 Å². The van der Waals surface area contributed by atoms with Gasteiger partial charge in [0.05, 0.1) is 13.2 Å². The number of hydrogen-bond acceptors (Lipinski definition) is 3. The molecule has 1 heterocycles. The van der Waals surface area contributed by atoms with Gasteiger partial charge < -0.3 is 14.2 Å². The van der Waals surface area contributed by atoms with E-state index in [1.165, 1.54) is 0 Å². The van der Waals surface area contributed by atoms with Gasteiger partial charge in [0, 0.05) is 18.4 Å². The van der Waals surface area contributed by atoms with Gasteiger partial charge in [0.15, 0.2) is 0 Å². The lowest BCUT2D eigenvalue weighted by molar-refractivity contribution is -0.395. The van der Waals surface area contributed by atoms with E-state index in [2.05, 4.69) is 32.9 Å². The maximum absolute atomic E-state index is 6.34. The first-order valence-corrected chi connectivity index (χ1v) is 7.21. The zero-order chi connectivity index (χ0) is 12.8. The van der Waals surface area contributed by atoms with Crippen LogP contribution in [0.15, 0.2) is 12.2 Å². The molecule has 0 bridgehead atoms. The maximum Gasteiger partial charge on any atom is 0.201 e. The fourth-order valence-electron chi connectivity index (χ4n) is 3.89. The van der Waals surface area contributed by atoms with Crippen LogP contribution in [0.4, 0.5) is 0 Å². The van der Waals surface area contributed by atoms with E-state index in [-0.39, 0.29) is 5.60 Å². The van der Waals surface area contributed by atoms with Crippen molar-refractivity contribution in [2.24, 2.45) is 17.8 Å². The minimum absolute atomic E-state index is 0.234. The maximum atomic E-state index is 6.34. The Labute approximate surface area is 109 Å². The van der Waals surface area contributed by atoms with Crippen LogP contribution in [-0.2, 0) is 14.2 Å². The van der Waals surface area contributed by atoms with Crippen LogP contribution in [0.2, 0.25) is 0 Å². The molecule has 1 aliphatic heterocycles. The predicted molar refractivity (Wildman–Crippen MR) is 69.2 cm³/mol. The molecule has 2 fully saturated rings. The van der Waals surface area contributed by atoms with Crippen LogP contribution in [-0.4, -0.2) is 31.2 Å². The zero-order valence-electron chi connectivity index (χ0n) is 11.6. The lowest BCUT2D eigenvalue weighted by atomic mass is 9.53. The molecule has 0 aromatic heterocycles. The van der Waals surface area contributed by atoms with Crippen LogP contribution in [0.3, 0.4) is 0 Å². The molecule has 0 amide bonds. The molecular formula is C15H24O3. The Hall–Kier alpha value is -0.380. The third kappa shape index (κ3) is 1.47. The average Bonchev–Trinajstić information content (AvgIpc) is 2.87. The summed E-state index contributed by atoms with van der Waals surface area (Å²) >= 11 is 0. The molecule has 102 valence electrons. The van der Waals surface area contributed by atoms with Crippen molar-refractivity contribution in [3.05, 3.63) is 12.2 Å². The van der Waals surface area contributed by atoms with Gasteiger partial charge in [-0.25, -0.2) is 0 Å². The van der Waals surface area contributed by atoms with Gasteiger partial charge in [-0.1, -0.05) is 32.9 Å². The summed E-state index contributed by atoms with van der Waals surface area (Å²) in [4.78, 5) is 0. The molecule has 0 N–H and O–H groups in total. The Balaban J connectivity index is 1.87. The molecule has 1 saturated heterocycles. The first-order valence-electron chi connectivity index (χ1n) is 7.21. The van der Waals surface area contributed by atoms with Crippen molar-refractivity contribution in [3.63, 3.8) is 0 Å². The van der Waals surface area contributed by atoms with E-state index < -0.39 is 5.79 Å². The van der Waals surface area contributed by atoms with Crippen LogP contribution in [0.5, 0.6) is 0 Å². The number of rotatable bonds is 3. The van der Waals surface area contributed by atoms with Gasteiger partial charge in [0.2, 0.25) is 5.79 Å². The Morgan fingerprint density at radius 2 is 2.06 bits per heavy atom. The lowest BCUT2D eigenvalue weighted by Gasteiger charge is -2.65. The molecule has 3 unspecified atom stereocenters. The first kappa shape index (κ1) is 12.6. The van der Waals surface area contributed by atoms with Gasteiger partial charge in [-0.2, -0.15) is 0 Å². The summed E-state index contributed by atoms with van der Waals surface area (Å²) < 4.78 is 18.4. The van der Waals surface area contributed by atoms with Crippen molar-refractivity contribution in [1.29, 1.82) is 0 Å². The number of allylic oxidation sites excluding steroid dienone is 1. The van der Waals surface area contributed by atoms with Crippen molar-refractivity contribution < 1.29 is 14.2 Å². The molecule has 1 spiro atoms. The Morgan fingerprint density at radius 3 is 2.72 bits per heavy atom. The van der Waals surface area contributed by atoms with Crippen molar-refractivity contribution in [2.45, 2.75) is 45.0 Å². The van der Waals surface area contributed by atoms with Gasteiger partial charge in [0.1, 0.15) is 5.60 Å². The van der Waals surface area contributed by atoms with Crippen LogP contribution in [0.1, 0.15) is 33.6 Å². The second-order valence-corrected chi connectivity index (χ2v) is 6.24. The molecule has 3 rings (SSSR count). The normalized spacial score (nSPS) is 41.1. The zero-order valence-corrected chi connectivity index (χ0v) is 11.6. The topological polar surface area (TPSA) is 27.7 Å². The average molecular weight is 252 g/mol. The second kappa shape index (κ2) is 4.32. The molecule has 0 aromatic rings. The highest BCUT2D eigenvalue weighted by Gasteiger charge is 2.74. The van der Waals surface area contributed by atoms with Crippen LogP contribution < -0.4 is 0 Å². The number of ether oxygens (including phenoxy) is 3. The van der Waals surface area contributed by atoms with E-state index in [4.69, 9.17) is 14.2 Å². The summed E-state index contributed by atoms with van der Waals surface area (Å²) in [5.41, 5.74) is -0.234. The molecule has 18 heavy (non-hydrogen) atoms. The molecule has 3 nitrogen and oxygen atoms in total. The third-order valence-electron chi connectivity index (χ3n) is 4.68. The van der Waals surface area contributed by atoms with E-state index in [1.54, 1.807) is 0 Å². The highest BCUT2D eigenvalue weighted by atomic mass is 16.8. The van der Waals surface area contributed by atoms with Gasteiger partial charge in [-0.3, -0.25) is 0 Å². The summed E-state index contributed by atoms with van der Waals surface area (Å²) in [6.45, 7) is 8.79. The molecular weight excluding hydrogens is 228 g/mol. The van der Waals surface area contributed by atoms with E-state index in [1.807, 2.05) is 0 Å². The monoisotopic (exact) mass is 252 g/mol. The molecule has 2 aliphatic carbocycles. The predicted octanol–water partition coefficient (Wildman–Crippen LogP) is 2.76. The summed E-state index contributed by atoms with van der Waals surface area (Å²) in [7, 11) is 0. The van der Waals surface area contributed by atoms with E-state index in [9.17, 15) is 0 Å². The van der Waals surface area contributed by atoms with Gasteiger partial charge in [0.25, 0.3) is 0 Å². The summed E-state index contributed by atoms with van der Waals surface area (Å²) in [6, 6.07) is 0. The molecule has 3 atom stereocenters. The first-order chi connectivity index (χ1) is 8.62. The van der Waals surface area contributed by atoms with Crippen LogP contribution >= 0.6 is 0 Å². The second-order valence-electron chi connectivity index (χ2n) is 6.24. The summed E-state index contributed by atoms with van der Waals surface area (Å²) in [5.74, 6) is 0.907. The molecule has 0 aromatic carbocycles. The highest BCUT2D eigenvalue weighted by molar-refractivity contribution is 5.25. The standard InChI is InChI=1S/C15H24O3/c1-11(2)10-18-14-7-5-4-6-13(14)12(3)15(14)16-8-9-17-15/h4,6,11-13H,5,7-10H2,1-3H3. The van der Waals surface area contributed by atoms with Crippen molar-refractivity contribution >= 4 is 0 Å². The molecule has 3 heteroatoms. The summed E-state index contributed by atoms with van der Waals surface area (Å²) in [5, 5.41) is 0. The minimum Gasteiger partial charge on any atom is -0.368 e. The highest BCUT2D eigenvalue weighted by Crippen LogP contribution is 2.62. The largest absolute Gasteiger partial charge is 0.368 e. The summed E-state index contributed by atoms with van der Waals surface area (Å²) in [6.07, 6.45) is 6.67. The molecule has 0 radical (unpaired) electrons. The smallest absolute Gasteiger partial charge is 0.201 e. The number of hydrogen-bond donors (Lipinski definition) is 0. The Kier molecular flexibility index (Phi) is 3.04. The Morgan fingerprint density at radius 1 is 1.33 bits per heavy atom. The van der Waals surface area contributed by atoms with E-state index in [0.717, 1.165) is 19.4 Å². The van der Waals surface area contributed by atoms with E-state index >= 15 is 0 Å². The fraction of sp³-hybridized carbons (Fsp3) is 0.867. The lowest BCUT2D eigenvalue weighted by Crippen LogP contribution is -2.76. The SMILES string of the molecule is CC(C)COC12CCC=CC1C(C)C21OCCO1. The number of fused-ring (bicyclic) bond motifs is 2. The molecule has 1 saturated carbocycles. The minimum atomic E-state index is -0.475. The van der Waals surface area contributed by atoms with Gasteiger partial charge in [-0.15, -0.1) is 0 Å². The van der Waals surface area contributed by atoms with Gasteiger partial charge in [-0.05, 0) is 18.8 Å². The van der Waals surface area contributed by atoms with Crippen LogP contribution in [0.25, 0.3) is 0 Å². The van der Waals surface area contributed by atoms with Crippen molar-refractivity contribution in [1.82, 2.24) is 0 Å². The van der Waals surface area contributed by atoms with Gasteiger partial charge >= 0.3 is 0 Å². The third-order valence-corrected chi connectivity index (χ3v) is 4.68. The molecule has 3 aliphatic rings. The Bertz CT molecular complexity index is 344. The van der Waals surface area contributed by atoms with Crippen molar-refractivity contribution in [2.75, 3.05) is 19.8 Å². The fourth-order valence-corrected chi connectivity index (χ4v) is 3.89.